The van der Waals surface area contributed by atoms with E-state index < -0.39 is 0 Å². The van der Waals surface area contributed by atoms with Gasteiger partial charge in [0.2, 0.25) is 5.95 Å². The molecule has 0 amide bonds. The molecule has 1 atom stereocenters. The SMILES string of the molecule is CC(C)Nc1nc(NC[C@@H]2CCCO2)cc(-c2cccnc2)n1. The van der Waals surface area contributed by atoms with E-state index in [1.807, 2.05) is 24.4 Å². The molecular formula is C17H23N5O. The number of hydrogen-bond donors (Lipinski definition) is 2. The van der Waals surface area contributed by atoms with Crippen LogP contribution >= 0.6 is 0 Å². The molecule has 1 aliphatic rings. The van der Waals surface area contributed by atoms with Gasteiger partial charge in [-0.1, -0.05) is 0 Å². The van der Waals surface area contributed by atoms with Gasteiger partial charge in [-0.25, -0.2) is 4.98 Å². The molecule has 2 N–H and O–H groups in total. The Balaban J connectivity index is 1.81. The smallest absolute Gasteiger partial charge is 0.225 e. The van der Waals surface area contributed by atoms with Gasteiger partial charge in [-0.15, -0.1) is 0 Å². The Kier molecular flexibility index (Phi) is 5.02. The number of nitrogens with one attached hydrogen (secondary N) is 2. The van der Waals surface area contributed by atoms with Gasteiger partial charge < -0.3 is 15.4 Å². The largest absolute Gasteiger partial charge is 0.376 e. The summed E-state index contributed by atoms with van der Waals surface area (Å²) in [6.07, 6.45) is 6.08. The standard InChI is InChI=1S/C17H23N5O/c1-12(2)20-17-21-15(13-5-3-7-18-10-13)9-16(22-17)19-11-14-6-4-8-23-14/h3,5,7,9-10,12,14H,4,6,8,11H2,1-2H3,(H2,19,20,21,22)/t14-/m0/s1. The average molecular weight is 313 g/mol. The molecule has 1 saturated heterocycles. The van der Waals surface area contributed by atoms with E-state index in [9.17, 15) is 0 Å². The molecule has 3 heterocycles. The van der Waals surface area contributed by atoms with Crippen molar-refractivity contribution in [1.29, 1.82) is 0 Å². The van der Waals surface area contributed by atoms with Gasteiger partial charge in [0, 0.05) is 43.2 Å². The van der Waals surface area contributed by atoms with E-state index in [2.05, 4.69) is 39.4 Å². The number of rotatable bonds is 6. The van der Waals surface area contributed by atoms with Gasteiger partial charge in [-0.3, -0.25) is 4.98 Å². The van der Waals surface area contributed by atoms with E-state index in [0.717, 1.165) is 43.1 Å². The first-order valence-electron chi connectivity index (χ1n) is 8.12. The Morgan fingerprint density at radius 3 is 2.96 bits per heavy atom. The number of anilines is 2. The Morgan fingerprint density at radius 1 is 1.35 bits per heavy atom. The highest BCUT2D eigenvalue weighted by molar-refractivity contribution is 5.63. The number of nitrogens with zero attached hydrogens (tertiary/aromatic N) is 3. The van der Waals surface area contributed by atoms with Crippen LogP contribution in [0.1, 0.15) is 26.7 Å². The summed E-state index contributed by atoms with van der Waals surface area (Å²) in [4.78, 5) is 13.3. The summed E-state index contributed by atoms with van der Waals surface area (Å²) in [5.74, 6) is 1.42. The van der Waals surface area contributed by atoms with Crippen molar-refractivity contribution < 1.29 is 4.74 Å². The highest BCUT2D eigenvalue weighted by Gasteiger charge is 2.16. The Labute approximate surface area is 136 Å². The van der Waals surface area contributed by atoms with E-state index in [0.29, 0.717) is 5.95 Å². The van der Waals surface area contributed by atoms with Gasteiger partial charge in [0.1, 0.15) is 5.82 Å². The molecule has 6 heteroatoms. The maximum Gasteiger partial charge on any atom is 0.225 e. The molecule has 2 aromatic heterocycles. The van der Waals surface area contributed by atoms with E-state index >= 15 is 0 Å². The van der Waals surface area contributed by atoms with E-state index in [1.165, 1.54) is 0 Å². The molecule has 1 fully saturated rings. The third-order valence-corrected chi connectivity index (χ3v) is 3.64. The molecule has 0 aromatic carbocycles. The van der Waals surface area contributed by atoms with Crippen molar-refractivity contribution in [2.24, 2.45) is 0 Å². The fourth-order valence-electron chi connectivity index (χ4n) is 2.55. The van der Waals surface area contributed by atoms with Crippen molar-refractivity contribution in [2.75, 3.05) is 23.8 Å². The van der Waals surface area contributed by atoms with Gasteiger partial charge in [-0.05, 0) is 38.8 Å². The lowest BCUT2D eigenvalue weighted by Gasteiger charge is -2.15. The Bertz CT molecular complexity index is 626. The highest BCUT2D eigenvalue weighted by atomic mass is 16.5. The summed E-state index contributed by atoms with van der Waals surface area (Å²) >= 11 is 0. The lowest BCUT2D eigenvalue weighted by Crippen LogP contribution is -2.20. The molecule has 0 radical (unpaired) electrons. The van der Waals surface area contributed by atoms with Crippen LogP contribution in [-0.2, 0) is 4.74 Å². The first kappa shape index (κ1) is 15.7. The zero-order chi connectivity index (χ0) is 16.1. The minimum atomic E-state index is 0.269. The van der Waals surface area contributed by atoms with Gasteiger partial charge in [-0.2, -0.15) is 4.98 Å². The Hall–Kier alpha value is -2.21. The predicted molar refractivity (Wildman–Crippen MR) is 91.5 cm³/mol. The summed E-state index contributed by atoms with van der Waals surface area (Å²) in [7, 11) is 0. The number of hydrogen-bond acceptors (Lipinski definition) is 6. The van der Waals surface area contributed by atoms with Crippen molar-refractivity contribution in [3.63, 3.8) is 0 Å². The Morgan fingerprint density at radius 2 is 2.26 bits per heavy atom. The number of pyridine rings is 1. The van der Waals surface area contributed by atoms with E-state index in [4.69, 9.17) is 4.74 Å². The monoisotopic (exact) mass is 313 g/mol. The fraction of sp³-hybridized carbons (Fsp3) is 0.471. The molecule has 6 nitrogen and oxygen atoms in total. The molecular weight excluding hydrogens is 290 g/mol. The molecule has 0 unspecified atom stereocenters. The van der Waals surface area contributed by atoms with E-state index in [-0.39, 0.29) is 12.1 Å². The summed E-state index contributed by atoms with van der Waals surface area (Å²) < 4.78 is 5.65. The van der Waals surface area contributed by atoms with Crippen LogP contribution in [0, 0.1) is 0 Å². The topological polar surface area (TPSA) is 72.0 Å². The van der Waals surface area contributed by atoms with Crippen LogP contribution < -0.4 is 10.6 Å². The molecule has 1 aliphatic heterocycles. The van der Waals surface area contributed by atoms with Crippen LogP contribution in [0.5, 0.6) is 0 Å². The second-order valence-corrected chi connectivity index (χ2v) is 6.02. The molecule has 3 rings (SSSR count). The maximum absolute atomic E-state index is 5.65. The molecule has 0 saturated carbocycles. The number of ether oxygens (including phenoxy) is 1. The van der Waals surface area contributed by atoms with Crippen molar-refractivity contribution in [2.45, 2.75) is 38.8 Å². The third kappa shape index (κ3) is 4.39. The summed E-state index contributed by atoms with van der Waals surface area (Å²) in [6.45, 7) is 5.76. The molecule has 122 valence electrons. The summed E-state index contributed by atoms with van der Waals surface area (Å²) in [6, 6.07) is 6.13. The van der Waals surface area contributed by atoms with Gasteiger partial charge in [0.05, 0.1) is 11.8 Å². The van der Waals surface area contributed by atoms with E-state index in [1.54, 1.807) is 6.20 Å². The highest BCUT2D eigenvalue weighted by Crippen LogP contribution is 2.21. The first-order chi connectivity index (χ1) is 11.2. The fourth-order valence-corrected chi connectivity index (χ4v) is 2.55. The maximum atomic E-state index is 5.65. The minimum absolute atomic E-state index is 0.269. The van der Waals surface area contributed by atoms with Crippen molar-refractivity contribution in [1.82, 2.24) is 15.0 Å². The van der Waals surface area contributed by atoms with Gasteiger partial charge in [0.15, 0.2) is 0 Å². The number of aromatic nitrogens is 3. The average Bonchev–Trinajstić information content (AvgIpc) is 3.06. The lowest BCUT2D eigenvalue weighted by atomic mass is 10.2. The zero-order valence-corrected chi connectivity index (χ0v) is 13.6. The van der Waals surface area contributed by atoms with Crippen LogP contribution in [0.4, 0.5) is 11.8 Å². The summed E-state index contributed by atoms with van der Waals surface area (Å²) in [5.41, 5.74) is 1.83. The van der Waals surface area contributed by atoms with Crippen molar-refractivity contribution >= 4 is 11.8 Å². The molecule has 23 heavy (non-hydrogen) atoms. The second kappa shape index (κ2) is 7.37. The van der Waals surface area contributed by atoms with Gasteiger partial charge in [0.25, 0.3) is 0 Å². The normalized spacial score (nSPS) is 17.4. The van der Waals surface area contributed by atoms with Crippen molar-refractivity contribution in [3.8, 4) is 11.3 Å². The zero-order valence-electron chi connectivity index (χ0n) is 13.6. The molecule has 2 aromatic rings. The second-order valence-electron chi connectivity index (χ2n) is 6.02. The quantitative estimate of drug-likeness (QED) is 0.854. The summed E-state index contributed by atoms with van der Waals surface area (Å²) in [5, 5.41) is 6.64. The molecule has 0 aliphatic carbocycles. The molecule has 0 spiro atoms. The molecule has 0 bridgehead atoms. The van der Waals surface area contributed by atoms with Crippen LogP contribution in [-0.4, -0.2) is 40.2 Å². The minimum Gasteiger partial charge on any atom is -0.376 e. The van der Waals surface area contributed by atoms with Crippen LogP contribution in [0.25, 0.3) is 11.3 Å². The third-order valence-electron chi connectivity index (χ3n) is 3.64. The van der Waals surface area contributed by atoms with Crippen LogP contribution in [0.3, 0.4) is 0 Å². The predicted octanol–water partition coefficient (Wildman–Crippen LogP) is 2.95. The lowest BCUT2D eigenvalue weighted by molar-refractivity contribution is 0.120. The first-order valence-corrected chi connectivity index (χ1v) is 8.12. The van der Waals surface area contributed by atoms with Gasteiger partial charge >= 0.3 is 0 Å². The van der Waals surface area contributed by atoms with Crippen LogP contribution in [0.15, 0.2) is 30.6 Å². The van der Waals surface area contributed by atoms with Crippen LogP contribution in [0.2, 0.25) is 0 Å². The van der Waals surface area contributed by atoms with Crippen molar-refractivity contribution in [3.05, 3.63) is 30.6 Å².